The number of amides is 1. The Hall–Kier alpha value is -2.90. The Morgan fingerprint density at radius 3 is 2.60 bits per heavy atom. The van der Waals surface area contributed by atoms with Crippen LogP contribution in [0, 0.1) is 12.8 Å². The van der Waals surface area contributed by atoms with Crippen molar-refractivity contribution in [2.45, 2.75) is 46.5 Å². The predicted octanol–water partition coefficient (Wildman–Crippen LogP) is 7.38. The first-order chi connectivity index (χ1) is 16.9. The number of unbranched alkanes of at least 4 members (excludes halogenated alkanes) is 1. The molecule has 1 fully saturated rings. The van der Waals surface area contributed by atoms with Crippen molar-refractivity contribution >= 4 is 57.2 Å². The molecule has 0 N–H and O–H groups in total. The summed E-state index contributed by atoms with van der Waals surface area (Å²) in [5, 5.41) is 0.891. The van der Waals surface area contributed by atoms with Crippen LogP contribution in [-0.4, -0.2) is 27.6 Å². The van der Waals surface area contributed by atoms with Crippen molar-refractivity contribution in [3.05, 3.63) is 70.3 Å². The number of fused-ring (bicyclic) bond motifs is 1. The minimum absolute atomic E-state index is 0.0363. The monoisotopic (exact) mass is 507 g/mol. The second kappa shape index (κ2) is 11.2. The number of rotatable bonds is 9. The molecule has 3 aromatic rings. The molecule has 2 heterocycles. The first-order valence-corrected chi connectivity index (χ1v) is 13.2. The molecule has 7 heteroatoms. The van der Waals surface area contributed by atoms with Crippen molar-refractivity contribution in [2.24, 2.45) is 5.92 Å². The van der Waals surface area contributed by atoms with Crippen molar-refractivity contribution in [1.29, 1.82) is 0 Å². The molecule has 0 saturated carbocycles. The molecule has 1 aromatic heterocycles. The number of hydrogen-bond donors (Lipinski definition) is 0. The van der Waals surface area contributed by atoms with Crippen molar-refractivity contribution in [3.63, 3.8) is 0 Å². The number of carbonyl (C=O) groups excluding carboxylic acids is 2. The standard InChI is InChI=1S/C28H29NO4S2/c1-4-6-9-19(5-2)17-29-26(30)24(35-28(29)34)16-20-12-14-21(15-13-20)32-27(31)25-18(3)22-10-7-8-11-23(22)33-25/h7-8,10-16,19H,4-6,9,17H2,1-3H3. The Morgan fingerprint density at radius 1 is 1.17 bits per heavy atom. The fraction of sp³-hybridized carbons (Fsp3) is 0.321. The van der Waals surface area contributed by atoms with E-state index in [9.17, 15) is 9.59 Å². The summed E-state index contributed by atoms with van der Waals surface area (Å²) in [7, 11) is 0. The number of esters is 1. The second-order valence-corrected chi connectivity index (χ2v) is 10.4. The number of ether oxygens (including phenoxy) is 1. The summed E-state index contributed by atoms with van der Waals surface area (Å²) in [6, 6.07) is 14.6. The zero-order valence-corrected chi connectivity index (χ0v) is 21.8. The van der Waals surface area contributed by atoms with Crippen LogP contribution in [0.2, 0.25) is 0 Å². The maximum absolute atomic E-state index is 13.0. The fourth-order valence-corrected chi connectivity index (χ4v) is 5.41. The van der Waals surface area contributed by atoms with E-state index in [1.165, 1.54) is 11.8 Å². The lowest BCUT2D eigenvalue weighted by Gasteiger charge is -2.21. The van der Waals surface area contributed by atoms with Crippen LogP contribution in [0.3, 0.4) is 0 Å². The molecule has 0 bridgehead atoms. The van der Waals surface area contributed by atoms with Crippen molar-refractivity contribution in [3.8, 4) is 5.75 Å². The summed E-state index contributed by atoms with van der Waals surface area (Å²) in [5.74, 6) is 0.484. The number of thioether (sulfide) groups is 1. The molecule has 1 unspecified atom stereocenters. The van der Waals surface area contributed by atoms with Crippen LogP contribution >= 0.6 is 24.0 Å². The summed E-state index contributed by atoms with van der Waals surface area (Å²) in [6.45, 7) is 6.86. The summed E-state index contributed by atoms with van der Waals surface area (Å²) >= 11 is 6.84. The maximum Gasteiger partial charge on any atom is 0.379 e. The van der Waals surface area contributed by atoms with Crippen LogP contribution in [0.25, 0.3) is 17.0 Å². The number of nitrogens with zero attached hydrogens (tertiary/aromatic N) is 1. The van der Waals surface area contributed by atoms with Gasteiger partial charge in [-0.1, -0.05) is 87.4 Å². The van der Waals surface area contributed by atoms with Crippen molar-refractivity contribution in [2.75, 3.05) is 6.54 Å². The van der Waals surface area contributed by atoms with Gasteiger partial charge in [0.05, 0.1) is 4.91 Å². The van der Waals surface area contributed by atoms with E-state index in [2.05, 4.69) is 13.8 Å². The molecule has 1 aliphatic rings. The minimum Gasteiger partial charge on any atom is -0.449 e. The lowest BCUT2D eigenvalue weighted by atomic mass is 9.99. The molecule has 35 heavy (non-hydrogen) atoms. The number of furan rings is 1. The van der Waals surface area contributed by atoms with Gasteiger partial charge < -0.3 is 9.15 Å². The first-order valence-electron chi connectivity index (χ1n) is 12.0. The van der Waals surface area contributed by atoms with Crippen LogP contribution in [-0.2, 0) is 4.79 Å². The van der Waals surface area contributed by atoms with Crippen LogP contribution in [0.1, 0.15) is 61.2 Å². The lowest BCUT2D eigenvalue weighted by molar-refractivity contribution is -0.122. The second-order valence-electron chi connectivity index (χ2n) is 8.72. The Kier molecular flexibility index (Phi) is 8.08. The van der Waals surface area contributed by atoms with Gasteiger partial charge in [-0.2, -0.15) is 0 Å². The molecule has 1 atom stereocenters. The Bertz CT molecular complexity index is 1280. The third kappa shape index (κ3) is 5.68. The molecule has 0 aliphatic carbocycles. The van der Waals surface area contributed by atoms with Gasteiger partial charge in [-0.15, -0.1) is 0 Å². The number of benzene rings is 2. The number of carbonyl (C=O) groups is 2. The van der Waals surface area contributed by atoms with E-state index in [1.54, 1.807) is 17.0 Å². The van der Waals surface area contributed by atoms with Gasteiger partial charge in [-0.3, -0.25) is 9.69 Å². The van der Waals surface area contributed by atoms with E-state index in [0.717, 1.165) is 42.2 Å². The van der Waals surface area contributed by atoms with Crippen molar-refractivity contribution in [1.82, 2.24) is 4.90 Å². The number of aryl methyl sites for hydroxylation is 1. The van der Waals surface area contributed by atoms with E-state index in [4.69, 9.17) is 21.4 Å². The smallest absolute Gasteiger partial charge is 0.379 e. The highest BCUT2D eigenvalue weighted by molar-refractivity contribution is 8.26. The number of para-hydroxylation sites is 1. The molecule has 1 aliphatic heterocycles. The van der Waals surface area contributed by atoms with E-state index in [0.29, 0.717) is 33.0 Å². The molecule has 0 radical (unpaired) electrons. The fourth-order valence-electron chi connectivity index (χ4n) is 4.14. The zero-order valence-electron chi connectivity index (χ0n) is 20.2. The zero-order chi connectivity index (χ0) is 24.9. The Morgan fingerprint density at radius 2 is 1.91 bits per heavy atom. The summed E-state index contributed by atoms with van der Waals surface area (Å²) in [4.78, 5) is 28.0. The highest BCUT2D eigenvalue weighted by Crippen LogP contribution is 2.34. The molecule has 0 spiro atoms. The molecule has 5 nitrogen and oxygen atoms in total. The van der Waals surface area contributed by atoms with Gasteiger partial charge in [-0.05, 0) is 49.1 Å². The summed E-state index contributed by atoms with van der Waals surface area (Å²) in [5.41, 5.74) is 2.24. The third-order valence-electron chi connectivity index (χ3n) is 6.28. The van der Waals surface area contributed by atoms with E-state index in [-0.39, 0.29) is 11.7 Å². The van der Waals surface area contributed by atoms with Gasteiger partial charge in [0, 0.05) is 17.5 Å². The minimum atomic E-state index is -0.541. The van der Waals surface area contributed by atoms with Gasteiger partial charge in [0.25, 0.3) is 5.91 Å². The first kappa shape index (κ1) is 25.2. The quantitative estimate of drug-likeness (QED) is 0.130. The van der Waals surface area contributed by atoms with Crippen LogP contribution < -0.4 is 4.74 Å². The number of thiocarbonyl (C=S) groups is 1. The largest absolute Gasteiger partial charge is 0.449 e. The highest BCUT2D eigenvalue weighted by Gasteiger charge is 2.33. The summed E-state index contributed by atoms with van der Waals surface area (Å²) in [6.07, 6.45) is 6.29. The maximum atomic E-state index is 13.0. The molecule has 1 saturated heterocycles. The van der Waals surface area contributed by atoms with Crippen LogP contribution in [0.15, 0.2) is 57.9 Å². The normalized spacial score (nSPS) is 15.9. The number of hydrogen-bond acceptors (Lipinski definition) is 6. The Labute approximate surface area is 215 Å². The average Bonchev–Trinajstić information content (AvgIpc) is 3.33. The molecular formula is C28H29NO4S2. The van der Waals surface area contributed by atoms with Crippen LogP contribution in [0.5, 0.6) is 5.75 Å². The van der Waals surface area contributed by atoms with Gasteiger partial charge >= 0.3 is 5.97 Å². The Balaban J connectivity index is 1.42. The topological polar surface area (TPSA) is 59.8 Å². The van der Waals surface area contributed by atoms with E-state index < -0.39 is 5.97 Å². The van der Waals surface area contributed by atoms with Gasteiger partial charge in [-0.25, -0.2) is 4.79 Å². The van der Waals surface area contributed by atoms with E-state index in [1.807, 2.05) is 49.4 Å². The lowest BCUT2D eigenvalue weighted by Crippen LogP contribution is -2.33. The van der Waals surface area contributed by atoms with Gasteiger partial charge in [0.1, 0.15) is 15.7 Å². The predicted molar refractivity (Wildman–Crippen MR) is 146 cm³/mol. The molecule has 2 aromatic carbocycles. The average molecular weight is 508 g/mol. The highest BCUT2D eigenvalue weighted by atomic mass is 32.2. The van der Waals surface area contributed by atoms with Gasteiger partial charge in [0.2, 0.25) is 5.76 Å². The molecule has 4 rings (SSSR count). The summed E-state index contributed by atoms with van der Waals surface area (Å²) < 4.78 is 11.8. The SMILES string of the molecule is CCCCC(CC)CN1C(=O)C(=Cc2ccc(OC(=O)c3oc4ccccc4c3C)cc2)SC1=S. The van der Waals surface area contributed by atoms with Crippen LogP contribution in [0.4, 0.5) is 0 Å². The van der Waals surface area contributed by atoms with Crippen molar-refractivity contribution < 1.29 is 18.7 Å². The molecular weight excluding hydrogens is 478 g/mol. The van der Waals surface area contributed by atoms with Gasteiger partial charge in [0.15, 0.2) is 0 Å². The third-order valence-corrected chi connectivity index (χ3v) is 7.65. The van der Waals surface area contributed by atoms with E-state index >= 15 is 0 Å². The molecule has 1 amide bonds. The molecule has 182 valence electrons.